The van der Waals surface area contributed by atoms with Gasteiger partial charge in [0, 0.05) is 37.9 Å². The number of piperazine rings is 1. The lowest BCUT2D eigenvalue weighted by molar-refractivity contribution is 0.234. The second-order valence-electron chi connectivity index (χ2n) is 8.66. The molecule has 0 amide bonds. The van der Waals surface area contributed by atoms with E-state index in [9.17, 15) is 4.79 Å². The molecule has 5 heterocycles. The zero-order chi connectivity index (χ0) is 21.9. The third kappa shape index (κ3) is 3.37. The Balaban J connectivity index is 1.59. The summed E-state index contributed by atoms with van der Waals surface area (Å²) < 4.78 is 3.46. The summed E-state index contributed by atoms with van der Waals surface area (Å²) in [6, 6.07) is 6.11. The van der Waals surface area contributed by atoms with E-state index < -0.39 is 0 Å². The second-order valence-corrected chi connectivity index (χ2v) is 8.66. The van der Waals surface area contributed by atoms with Crippen LogP contribution in [0.2, 0.25) is 0 Å². The Kier molecular flexibility index (Phi) is 4.55. The topological polar surface area (TPSA) is 71.0 Å². The highest BCUT2D eigenvalue weighted by Gasteiger charge is 2.22. The minimum absolute atomic E-state index is 0.102. The first-order valence-electron chi connectivity index (χ1n) is 10.6. The molecule has 31 heavy (non-hydrogen) atoms. The molecule has 0 aromatic carbocycles. The van der Waals surface area contributed by atoms with Gasteiger partial charge in [-0.3, -0.25) is 14.2 Å². The summed E-state index contributed by atoms with van der Waals surface area (Å²) in [4.78, 5) is 27.1. The molecular formula is C23H27N7O. The first-order chi connectivity index (χ1) is 14.8. The van der Waals surface area contributed by atoms with Crippen LogP contribution in [0.25, 0.3) is 22.6 Å². The van der Waals surface area contributed by atoms with E-state index in [1.165, 1.54) is 0 Å². The third-order valence-corrected chi connectivity index (χ3v) is 6.28. The molecule has 0 radical (unpaired) electrons. The first-order valence-corrected chi connectivity index (χ1v) is 10.6. The monoisotopic (exact) mass is 417 g/mol. The van der Waals surface area contributed by atoms with Gasteiger partial charge in [0.15, 0.2) is 0 Å². The van der Waals surface area contributed by atoms with Gasteiger partial charge in [0.1, 0.15) is 11.3 Å². The fourth-order valence-corrected chi connectivity index (χ4v) is 4.35. The molecule has 1 fully saturated rings. The average molecular weight is 418 g/mol. The van der Waals surface area contributed by atoms with Crippen molar-refractivity contribution >= 4 is 16.9 Å². The maximum atomic E-state index is 13.1. The van der Waals surface area contributed by atoms with Crippen LogP contribution in [0.15, 0.2) is 35.4 Å². The van der Waals surface area contributed by atoms with Gasteiger partial charge < -0.3 is 9.80 Å². The highest BCUT2D eigenvalue weighted by Crippen LogP contribution is 2.24. The SMILES string of the molecule is Cc1cn2nc(-c3cc(=O)n4cc(N5CCN(C)[C@@H](C)C5)cc(C)c4n3)cc2c(C)n1. The molecule has 0 saturated carbocycles. The Hall–Kier alpha value is -3.26. The summed E-state index contributed by atoms with van der Waals surface area (Å²) in [6.07, 6.45) is 3.80. The van der Waals surface area contributed by atoms with Gasteiger partial charge in [-0.2, -0.15) is 5.10 Å². The Morgan fingerprint density at radius 2 is 1.81 bits per heavy atom. The minimum Gasteiger partial charge on any atom is -0.367 e. The largest absolute Gasteiger partial charge is 0.367 e. The van der Waals surface area contributed by atoms with Crippen LogP contribution in [-0.2, 0) is 0 Å². The summed E-state index contributed by atoms with van der Waals surface area (Å²) in [6.45, 7) is 11.0. The normalized spacial score (nSPS) is 17.7. The van der Waals surface area contributed by atoms with Gasteiger partial charge in [-0.05, 0) is 52.4 Å². The fourth-order valence-electron chi connectivity index (χ4n) is 4.35. The average Bonchev–Trinajstić information content (AvgIpc) is 3.15. The van der Waals surface area contributed by atoms with Crippen molar-refractivity contribution in [2.75, 3.05) is 31.6 Å². The number of likely N-dealkylation sites (N-methyl/N-ethyl adjacent to an activating group) is 1. The number of pyridine rings is 1. The third-order valence-electron chi connectivity index (χ3n) is 6.28. The highest BCUT2D eigenvalue weighted by atomic mass is 16.1. The standard InChI is InChI=1S/C23H27N7O/c1-14-8-18(28-7-6-27(5)16(3)12-28)13-29-22(31)10-19(25-23(14)29)20-9-21-17(4)24-15(2)11-30(21)26-20/h8-11,13,16H,6-7,12H2,1-5H3/t16-/m0/s1. The summed E-state index contributed by atoms with van der Waals surface area (Å²) in [7, 11) is 2.15. The van der Waals surface area contributed by atoms with Crippen LogP contribution in [0.3, 0.4) is 0 Å². The lowest BCUT2D eigenvalue weighted by atomic mass is 10.1. The van der Waals surface area contributed by atoms with Crippen molar-refractivity contribution in [3.8, 4) is 11.4 Å². The van der Waals surface area contributed by atoms with Gasteiger partial charge in [-0.15, -0.1) is 0 Å². The number of aromatic nitrogens is 5. The van der Waals surface area contributed by atoms with E-state index in [2.05, 4.69) is 39.9 Å². The van der Waals surface area contributed by atoms with Crippen molar-refractivity contribution in [1.29, 1.82) is 0 Å². The van der Waals surface area contributed by atoms with Gasteiger partial charge in [0.05, 0.1) is 34.5 Å². The first kappa shape index (κ1) is 19.7. The number of aryl methyl sites for hydroxylation is 3. The van der Waals surface area contributed by atoms with Crippen molar-refractivity contribution in [2.45, 2.75) is 33.7 Å². The van der Waals surface area contributed by atoms with E-state index in [1.54, 1.807) is 15.0 Å². The van der Waals surface area contributed by atoms with Crippen LogP contribution in [0.5, 0.6) is 0 Å². The van der Waals surface area contributed by atoms with Gasteiger partial charge in [0.2, 0.25) is 0 Å². The van der Waals surface area contributed by atoms with Crippen LogP contribution < -0.4 is 10.5 Å². The molecule has 1 aliphatic heterocycles. The summed E-state index contributed by atoms with van der Waals surface area (Å²) >= 11 is 0. The summed E-state index contributed by atoms with van der Waals surface area (Å²) in [5.74, 6) is 0. The molecule has 8 nitrogen and oxygen atoms in total. The van der Waals surface area contributed by atoms with Crippen molar-refractivity contribution in [1.82, 2.24) is 28.9 Å². The highest BCUT2D eigenvalue weighted by molar-refractivity contribution is 5.67. The van der Waals surface area contributed by atoms with E-state index in [-0.39, 0.29) is 5.56 Å². The molecule has 5 rings (SSSR count). The van der Waals surface area contributed by atoms with Crippen LogP contribution in [0, 0.1) is 20.8 Å². The maximum absolute atomic E-state index is 13.1. The molecule has 1 aliphatic rings. The van der Waals surface area contributed by atoms with Crippen LogP contribution in [-0.4, -0.2) is 61.6 Å². The Bertz CT molecular complexity index is 1370. The zero-order valence-corrected chi connectivity index (χ0v) is 18.6. The van der Waals surface area contributed by atoms with Crippen LogP contribution in [0.4, 0.5) is 5.69 Å². The number of anilines is 1. The van der Waals surface area contributed by atoms with Gasteiger partial charge >= 0.3 is 0 Å². The molecule has 0 unspecified atom stereocenters. The maximum Gasteiger partial charge on any atom is 0.258 e. The van der Waals surface area contributed by atoms with E-state index in [0.29, 0.717) is 23.1 Å². The molecule has 1 atom stereocenters. The second kappa shape index (κ2) is 7.16. The molecule has 160 valence electrons. The molecule has 0 N–H and O–H groups in total. The summed E-state index contributed by atoms with van der Waals surface area (Å²) in [5, 5.41) is 4.64. The number of rotatable bonds is 2. The predicted molar refractivity (Wildman–Crippen MR) is 122 cm³/mol. The molecule has 1 saturated heterocycles. The Morgan fingerprint density at radius 3 is 2.58 bits per heavy atom. The fraction of sp³-hybridized carbons (Fsp3) is 0.391. The summed E-state index contributed by atoms with van der Waals surface area (Å²) in [5.41, 5.74) is 6.56. The van der Waals surface area contributed by atoms with E-state index in [0.717, 1.165) is 47.8 Å². The Morgan fingerprint density at radius 1 is 1.00 bits per heavy atom. The molecular weight excluding hydrogens is 390 g/mol. The lowest BCUT2D eigenvalue weighted by Gasteiger charge is -2.39. The Labute approximate surface area is 180 Å². The van der Waals surface area contributed by atoms with E-state index in [1.807, 2.05) is 39.2 Å². The minimum atomic E-state index is -0.102. The van der Waals surface area contributed by atoms with E-state index >= 15 is 0 Å². The molecule has 0 bridgehead atoms. The van der Waals surface area contributed by atoms with Crippen LogP contribution in [0.1, 0.15) is 23.9 Å². The quantitative estimate of drug-likeness (QED) is 0.499. The number of fused-ring (bicyclic) bond motifs is 2. The lowest BCUT2D eigenvalue weighted by Crippen LogP contribution is -2.50. The molecule has 4 aromatic heterocycles. The molecule has 4 aromatic rings. The van der Waals surface area contributed by atoms with Crippen molar-refractivity contribution in [2.24, 2.45) is 0 Å². The van der Waals surface area contributed by atoms with Gasteiger partial charge in [-0.1, -0.05) is 0 Å². The van der Waals surface area contributed by atoms with Crippen molar-refractivity contribution in [3.63, 3.8) is 0 Å². The zero-order valence-electron chi connectivity index (χ0n) is 18.6. The smallest absolute Gasteiger partial charge is 0.258 e. The van der Waals surface area contributed by atoms with Crippen molar-refractivity contribution in [3.05, 3.63) is 57.9 Å². The van der Waals surface area contributed by atoms with Gasteiger partial charge in [0.25, 0.3) is 5.56 Å². The van der Waals surface area contributed by atoms with Crippen molar-refractivity contribution < 1.29 is 0 Å². The number of hydrogen-bond acceptors (Lipinski definition) is 6. The van der Waals surface area contributed by atoms with Gasteiger partial charge in [-0.25, -0.2) is 9.50 Å². The van der Waals surface area contributed by atoms with E-state index in [4.69, 9.17) is 4.98 Å². The molecule has 0 aliphatic carbocycles. The number of hydrogen-bond donors (Lipinski definition) is 0. The number of nitrogens with zero attached hydrogens (tertiary/aromatic N) is 7. The molecule has 0 spiro atoms. The predicted octanol–water partition coefficient (Wildman–Crippen LogP) is 2.47. The van der Waals surface area contributed by atoms with Crippen LogP contribution >= 0.6 is 0 Å². The molecule has 8 heteroatoms.